The van der Waals surface area contributed by atoms with Gasteiger partial charge in [0.1, 0.15) is 5.82 Å². The Bertz CT molecular complexity index is 346. The van der Waals surface area contributed by atoms with E-state index in [-0.39, 0.29) is 5.82 Å². The summed E-state index contributed by atoms with van der Waals surface area (Å²) in [6.07, 6.45) is 2.03. The van der Waals surface area contributed by atoms with Gasteiger partial charge in [0.15, 0.2) is 0 Å². The van der Waals surface area contributed by atoms with Gasteiger partial charge in [-0.2, -0.15) is 0 Å². The SMILES string of the molecule is CN(c1cc(F)cc(I)c1)C1CCOCC1. The average molecular weight is 335 g/mol. The first-order valence-electron chi connectivity index (χ1n) is 5.43. The Morgan fingerprint density at radius 3 is 2.62 bits per heavy atom. The van der Waals surface area contributed by atoms with Crippen LogP contribution < -0.4 is 4.90 Å². The fourth-order valence-electron chi connectivity index (χ4n) is 2.03. The number of rotatable bonds is 2. The Balaban J connectivity index is 2.15. The zero-order valence-electron chi connectivity index (χ0n) is 9.25. The predicted molar refractivity (Wildman–Crippen MR) is 71.4 cm³/mol. The molecule has 1 aliphatic rings. The summed E-state index contributed by atoms with van der Waals surface area (Å²) in [5.74, 6) is -0.166. The van der Waals surface area contributed by atoms with Crippen LogP contribution in [0.25, 0.3) is 0 Å². The van der Waals surface area contributed by atoms with Crippen LogP contribution in [-0.4, -0.2) is 26.3 Å². The van der Waals surface area contributed by atoms with E-state index in [4.69, 9.17) is 4.74 Å². The van der Waals surface area contributed by atoms with Gasteiger partial charge in [-0.1, -0.05) is 0 Å². The summed E-state index contributed by atoms with van der Waals surface area (Å²) in [4.78, 5) is 2.16. The van der Waals surface area contributed by atoms with E-state index in [1.54, 1.807) is 12.1 Å². The number of nitrogens with zero attached hydrogens (tertiary/aromatic N) is 1. The summed E-state index contributed by atoms with van der Waals surface area (Å²) in [6, 6.07) is 5.62. The van der Waals surface area contributed by atoms with Crippen molar-refractivity contribution in [3.8, 4) is 0 Å². The molecule has 0 saturated carbocycles. The second-order valence-electron chi connectivity index (χ2n) is 4.08. The smallest absolute Gasteiger partial charge is 0.126 e. The molecule has 1 saturated heterocycles. The lowest BCUT2D eigenvalue weighted by Gasteiger charge is -2.33. The summed E-state index contributed by atoms with van der Waals surface area (Å²) >= 11 is 2.14. The molecule has 1 aromatic rings. The second-order valence-corrected chi connectivity index (χ2v) is 5.33. The highest BCUT2D eigenvalue weighted by atomic mass is 127. The van der Waals surface area contributed by atoms with Crippen LogP contribution in [0, 0.1) is 9.39 Å². The minimum Gasteiger partial charge on any atom is -0.381 e. The molecule has 2 nitrogen and oxygen atoms in total. The minimum absolute atomic E-state index is 0.166. The van der Waals surface area contributed by atoms with E-state index >= 15 is 0 Å². The van der Waals surface area contributed by atoms with Crippen LogP contribution in [0.4, 0.5) is 10.1 Å². The molecule has 1 aliphatic heterocycles. The van der Waals surface area contributed by atoms with E-state index in [1.807, 2.05) is 13.1 Å². The Kier molecular flexibility index (Phi) is 4.02. The first-order valence-corrected chi connectivity index (χ1v) is 6.51. The van der Waals surface area contributed by atoms with Gasteiger partial charge < -0.3 is 9.64 Å². The third kappa shape index (κ3) is 2.85. The topological polar surface area (TPSA) is 12.5 Å². The van der Waals surface area contributed by atoms with Gasteiger partial charge in [-0.3, -0.25) is 0 Å². The third-order valence-electron chi connectivity index (χ3n) is 2.99. The number of halogens is 2. The molecular weight excluding hydrogens is 320 g/mol. The van der Waals surface area contributed by atoms with Crippen molar-refractivity contribution in [3.63, 3.8) is 0 Å². The largest absolute Gasteiger partial charge is 0.381 e. The second kappa shape index (κ2) is 5.31. The molecule has 2 rings (SSSR count). The van der Waals surface area contributed by atoms with Crippen molar-refractivity contribution in [1.29, 1.82) is 0 Å². The molecule has 4 heteroatoms. The zero-order chi connectivity index (χ0) is 11.5. The maximum absolute atomic E-state index is 13.3. The standard InChI is InChI=1S/C12H15FINO/c1-15(11-2-4-16-5-3-11)12-7-9(13)6-10(14)8-12/h6-8,11H,2-5H2,1H3. The summed E-state index contributed by atoms with van der Waals surface area (Å²) in [7, 11) is 2.03. The van der Waals surface area contributed by atoms with E-state index < -0.39 is 0 Å². The molecule has 0 aliphatic carbocycles. The molecule has 1 aromatic carbocycles. The molecular formula is C12H15FINO. The van der Waals surface area contributed by atoms with Crippen molar-refractivity contribution in [1.82, 2.24) is 0 Å². The summed E-state index contributed by atoms with van der Waals surface area (Å²) in [5.41, 5.74) is 0.955. The number of hydrogen-bond donors (Lipinski definition) is 0. The van der Waals surface area contributed by atoms with E-state index in [1.165, 1.54) is 0 Å². The maximum Gasteiger partial charge on any atom is 0.126 e. The first-order chi connectivity index (χ1) is 7.66. The van der Waals surface area contributed by atoms with Crippen molar-refractivity contribution in [3.05, 3.63) is 27.6 Å². The molecule has 0 N–H and O–H groups in total. The van der Waals surface area contributed by atoms with Crippen LogP contribution in [-0.2, 0) is 4.74 Å². The quantitative estimate of drug-likeness (QED) is 0.771. The van der Waals surface area contributed by atoms with Crippen LogP contribution >= 0.6 is 22.6 Å². The number of benzene rings is 1. The van der Waals surface area contributed by atoms with Crippen LogP contribution in [0.1, 0.15) is 12.8 Å². The van der Waals surface area contributed by atoms with Crippen molar-refractivity contribution >= 4 is 28.3 Å². The van der Waals surface area contributed by atoms with Crippen LogP contribution in [0.2, 0.25) is 0 Å². The fraction of sp³-hybridized carbons (Fsp3) is 0.500. The number of hydrogen-bond acceptors (Lipinski definition) is 2. The maximum atomic E-state index is 13.3. The van der Waals surface area contributed by atoms with Crippen LogP contribution in [0.3, 0.4) is 0 Å². The average Bonchev–Trinajstić information content (AvgIpc) is 2.28. The summed E-state index contributed by atoms with van der Waals surface area (Å²) < 4.78 is 19.6. The zero-order valence-corrected chi connectivity index (χ0v) is 11.4. The van der Waals surface area contributed by atoms with E-state index in [0.29, 0.717) is 6.04 Å². The lowest BCUT2D eigenvalue weighted by atomic mass is 10.1. The molecule has 1 heterocycles. The first kappa shape index (κ1) is 12.1. The highest BCUT2D eigenvalue weighted by Crippen LogP contribution is 2.24. The molecule has 0 spiro atoms. The van der Waals surface area contributed by atoms with Gasteiger partial charge in [0.2, 0.25) is 0 Å². The molecule has 0 atom stereocenters. The van der Waals surface area contributed by atoms with Gasteiger partial charge in [0.05, 0.1) is 0 Å². The van der Waals surface area contributed by atoms with Gasteiger partial charge in [-0.05, 0) is 53.6 Å². The molecule has 0 bridgehead atoms. The lowest BCUT2D eigenvalue weighted by molar-refractivity contribution is 0.0855. The van der Waals surface area contributed by atoms with Crippen molar-refractivity contribution in [2.45, 2.75) is 18.9 Å². The van der Waals surface area contributed by atoms with Crippen molar-refractivity contribution < 1.29 is 9.13 Å². The molecule has 1 fully saturated rings. The highest BCUT2D eigenvalue weighted by Gasteiger charge is 2.19. The summed E-state index contributed by atoms with van der Waals surface area (Å²) in [5, 5.41) is 0. The van der Waals surface area contributed by atoms with Crippen LogP contribution in [0.5, 0.6) is 0 Å². The monoisotopic (exact) mass is 335 g/mol. The third-order valence-corrected chi connectivity index (χ3v) is 3.62. The van der Waals surface area contributed by atoms with Crippen LogP contribution in [0.15, 0.2) is 18.2 Å². The number of anilines is 1. The normalized spacial score (nSPS) is 17.4. The predicted octanol–water partition coefficient (Wildman–Crippen LogP) is 3.05. The summed E-state index contributed by atoms with van der Waals surface area (Å²) in [6.45, 7) is 1.61. The molecule has 16 heavy (non-hydrogen) atoms. The van der Waals surface area contributed by atoms with Crippen molar-refractivity contribution in [2.75, 3.05) is 25.2 Å². The minimum atomic E-state index is -0.166. The Morgan fingerprint density at radius 1 is 1.31 bits per heavy atom. The van der Waals surface area contributed by atoms with Gasteiger partial charge in [0, 0.05) is 35.6 Å². The van der Waals surface area contributed by atoms with Crippen molar-refractivity contribution in [2.24, 2.45) is 0 Å². The Morgan fingerprint density at radius 2 is 2.00 bits per heavy atom. The van der Waals surface area contributed by atoms with E-state index in [2.05, 4.69) is 27.5 Å². The molecule has 0 unspecified atom stereocenters. The Hall–Kier alpha value is -0.360. The number of ether oxygens (including phenoxy) is 1. The lowest BCUT2D eigenvalue weighted by Crippen LogP contribution is -2.36. The van der Waals surface area contributed by atoms with Gasteiger partial charge in [-0.25, -0.2) is 4.39 Å². The molecule has 0 radical (unpaired) electrons. The van der Waals surface area contributed by atoms with Gasteiger partial charge in [0.25, 0.3) is 0 Å². The van der Waals surface area contributed by atoms with E-state index in [0.717, 1.165) is 35.3 Å². The molecule has 0 aromatic heterocycles. The molecule has 88 valence electrons. The fourth-order valence-corrected chi connectivity index (χ4v) is 2.64. The van der Waals surface area contributed by atoms with E-state index in [9.17, 15) is 4.39 Å². The highest BCUT2D eigenvalue weighted by molar-refractivity contribution is 14.1. The molecule has 0 amide bonds. The Labute approximate surface area is 109 Å². The van der Waals surface area contributed by atoms with Gasteiger partial charge in [-0.15, -0.1) is 0 Å². The van der Waals surface area contributed by atoms with Gasteiger partial charge >= 0.3 is 0 Å².